The first-order valence-electron chi connectivity index (χ1n) is 8.11. The molecule has 2 aromatic carbocycles. The molecule has 5 nitrogen and oxygen atoms in total. The number of carbonyl (C=O) groups is 2. The second-order valence-corrected chi connectivity index (χ2v) is 5.96. The van der Waals surface area contributed by atoms with Crippen LogP contribution in [0.4, 0.5) is 10.5 Å². The third-order valence-electron chi connectivity index (χ3n) is 4.19. The SMILES string of the molecule is C[C@@H](NC(=O)Nc1ccccc1)C(=O)N1CCc2ccccc2C1. The van der Waals surface area contributed by atoms with Crippen LogP contribution >= 0.6 is 0 Å². The van der Waals surface area contributed by atoms with E-state index in [0.717, 1.165) is 6.42 Å². The van der Waals surface area contributed by atoms with Crippen LogP contribution in [0.25, 0.3) is 0 Å². The van der Waals surface area contributed by atoms with Crippen molar-refractivity contribution in [3.63, 3.8) is 0 Å². The normalized spacial score (nSPS) is 14.5. The maximum atomic E-state index is 12.6. The minimum absolute atomic E-state index is 0.0623. The van der Waals surface area contributed by atoms with Gasteiger partial charge in [-0.3, -0.25) is 4.79 Å². The van der Waals surface area contributed by atoms with Gasteiger partial charge in [-0.25, -0.2) is 4.79 Å². The molecule has 0 radical (unpaired) electrons. The molecule has 0 aromatic heterocycles. The first-order chi connectivity index (χ1) is 11.6. The van der Waals surface area contributed by atoms with Crippen LogP contribution in [0.15, 0.2) is 54.6 Å². The summed E-state index contributed by atoms with van der Waals surface area (Å²) in [5, 5.41) is 5.43. The van der Waals surface area contributed by atoms with Crippen molar-refractivity contribution in [3.05, 3.63) is 65.7 Å². The molecular weight excluding hydrogens is 302 g/mol. The number of fused-ring (bicyclic) bond motifs is 1. The Bertz CT molecular complexity index is 730. The highest BCUT2D eigenvalue weighted by Gasteiger charge is 2.25. The van der Waals surface area contributed by atoms with Gasteiger partial charge >= 0.3 is 6.03 Å². The lowest BCUT2D eigenvalue weighted by Gasteiger charge is -2.31. The van der Waals surface area contributed by atoms with Gasteiger partial charge in [0.15, 0.2) is 0 Å². The summed E-state index contributed by atoms with van der Waals surface area (Å²) in [6, 6.07) is 16.4. The molecule has 3 rings (SSSR count). The number of carbonyl (C=O) groups excluding carboxylic acids is 2. The summed E-state index contributed by atoms with van der Waals surface area (Å²) < 4.78 is 0. The largest absolute Gasteiger partial charge is 0.336 e. The molecule has 0 aliphatic carbocycles. The van der Waals surface area contributed by atoms with Gasteiger partial charge in [-0.2, -0.15) is 0 Å². The number of anilines is 1. The van der Waals surface area contributed by atoms with E-state index >= 15 is 0 Å². The zero-order chi connectivity index (χ0) is 16.9. The Morgan fingerprint density at radius 2 is 1.67 bits per heavy atom. The average molecular weight is 323 g/mol. The second-order valence-electron chi connectivity index (χ2n) is 5.96. The third-order valence-corrected chi connectivity index (χ3v) is 4.19. The van der Waals surface area contributed by atoms with Crippen LogP contribution in [-0.2, 0) is 17.8 Å². The highest BCUT2D eigenvalue weighted by molar-refractivity contribution is 5.93. The molecule has 0 bridgehead atoms. The zero-order valence-corrected chi connectivity index (χ0v) is 13.7. The fourth-order valence-corrected chi connectivity index (χ4v) is 2.90. The molecule has 3 amide bonds. The van der Waals surface area contributed by atoms with E-state index in [4.69, 9.17) is 0 Å². The molecule has 1 aliphatic heterocycles. The highest BCUT2D eigenvalue weighted by atomic mass is 16.2. The summed E-state index contributed by atoms with van der Waals surface area (Å²) in [4.78, 5) is 26.4. The molecule has 1 aliphatic rings. The minimum Gasteiger partial charge on any atom is -0.336 e. The van der Waals surface area contributed by atoms with Crippen LogP contribution in [0.2, 0.25) is 0 Å². The number of benzene rings is 2. The van der Waals surface area contributed by atoms with E-state index in [9.17, 15) is 9.59 Å². The summed E-state index contributed by atoms with van der Waals surface area (Å²) in [5.41, 5.74) is 3.17. The average Bonchev–Trinajstić information content (AvgIpc) is 2.61. The lowest BCUT2D eigenvalue weighted by Crippen LogP contribution is -2.49. The quantitative estimate of drug-likeness (QED) is 0.912. The molecule has 124 valence electrons. The molecule has 0 fully saturated rings. The molecule has 24 heavy (non-hydrogen) atoms. The Morgan fingerprint density at radius 3 is 2.42 bits per heavy atom. The number of hydrogen-bond acceptors (Lipinski definition) is 2. The number of rotatable bonds is 3. The number of amides is 3. The van der Waals surface area contributed by atoms with Crippen LogP contribution < -0.4 is 10.6 Å². The van der Waals surface area contributed by atoms with Gasteiger partial charge in [0.25, 0.3) is 0 Å². The third kappa shape index (κ3) is 3.74. The van der Waals surface area contributed by atoms with Crippen molar-refractivity contribution in [2.24, 2.45) is 0 Å². The van der Waals surface area contributed by atoms with E-state index < -0.39 is 6.04 Å². The van der Waals surface area contributed by atoms with Crippen molar-refractivity contribution in [3.8, 4) is 0 Å². The first kappa shape index (κ1) is 16.1. The molecule has 1 atom stereocenters. The van der Waals surface area contributed by atoms with Crippen molar-refractivity contribution >= 4 is 17.6 Å². The van der Waals surface area contributed by atoms with Crippen LogP contribution in [0, 0.1) is 0 Å². The molecule has 0 saturated carbocycles. The Morgan fingerprint density at radius 1 is 1.00 bits per heavy atom. The van der Waals surface area contributed by atoms with Crippen molar-refractivity contribution in [2.75, 3.05) is 11.9 Å². The zero-order valence-electron chi connectivity index (χ0n) is 13.7. The molecule has 2 N–H and O–H groups in total. The smallest absolute Gasteiger partial charge is 0.319 e. The Kier molecular flexibility index (Phi) is 4.79. The van der Waals surface area contributed by atoms with Crippen molar-refractivity contribution in [2.45, 2.75) is 25.9 Å². The lowest BCUT2D eigenvalue weighted by molar-refractivity contribution is -0.133. The summed E-state index contributed by atoms with van der Waals surface area (Å²) in [6.45, 7) is 3.00. The van der Waals surface area contributed by atoms with Crippen molar-refractivity contribution < 1.29 is 9.59 Å². The lowest BCUT2D eigenvalue weighted by atomic mass is 9.99. The molecule has 0 unspecified atom stereocenters. The van der Waals surface area contributed by atoms with Gasteiger partial charge in [-0.15, -0.1) is 0 Å². The van der Waals surface area contributed by atoms with Gasteiger partial charge in [-0.1, -0.05) is 42.5 Å². The predicted octanol–water partition coefficient (Wildman–Crippen LogP) is 2.78. The molecule has 2 aromatic rings. The van der Waals surface area contributed by atoms with E-state index in [1.807, 2.05) is 30.3 Å². The van der Waals surface area contributed by atoms with Gasteiger partial charge in [0.05, 0.1) is 0 Å². The summed E-state index contributed by atoms with van der Waals surface area (Å²) in [5.74, 6) is -0.0623. The summed E-state index contributed by atoms with van der Waals surface area (Å²) >= 11 is 0. The van der Waals surface area contributed by atoms with Gasteiger partial charge in [0.2, 0.25) is 5.91 Å². The number of urea groups is 1. The van der Waals surface area contributed by atoms with Crippen LogP contribution in [0.3, 0.4) is 0 Å². The van der Waals surface area contributed by atoms with Crippen molar-refractivity contribution in [1.82, 2.24) is 10.2 Å². The maximum absolute atomic E-state index is 12.6. The van der Waals surface area contributed by atoms with Crippen LogP contribution in [0.1, 0.15) is 18.1 Å². The summed E-state index contributed by atoms with van der Waals surface area (Å²) in [6.07, 6.45) is 0.852. The highest BCUT2D eigenvalue weighted by Crippen LogP contribution is 2.19. The van der Waals surface area contributed by atoms with E-state index in [1.54, 1.807) is 24.0 Å². The molecule has 0 saturated heterocycles. The Hall–Kier alpha value is -2.82. The van der Waals surface area contributed by atoms with Gasteiger partial charge in [-0.05, 0) is 36.6 Å². The first-order valence-corrected chi connectivity index (χ1v) is 8.11. The van der Waals surface area contributed by atoms with Gasteiger partial charge in [0.1, 0.15) is 6.04 Å². The van der Waals surface area contributed by atoms with Gasteiger partial charge in [0, 0.05) is 18.8 Å². The Balaban J connectivity index is 1.56. The topological polar surface area (TPSA) is 61.4 Å². The fraction of sp³-hybridized carbons (Fsp3) is 0.263. The minimum atomic E-state index is -0.570. The van der Waals surface area contributed by atoms with E-state index in [2.05, 4.69) is 22.8 Å². The van der Waals surface area contributed by atoms with Crippen molar-refractivity contribution in [1.29, 1.82) is 0 Å². The van der Waals surface area contributed by atoms with Crippen LogP contribution in [0.5, 0.6) is 0 Å². The standard InChI is InChI=1S/C19H21N3O2/c1-14(20-19(24)21-17-9-3-2-4-10-17)18(23)22-12-11-15-7-5-6-8-16(15)13-22/h2-10,14H,11-13H2,1H3,(H2,20,21,24)/t14-/m1/s1. The molecule has 1 heterocycles. The van der Waals surface area contributed by atoms with E-state index in [-0.39, 0.29) is 11.9 Å². The maximum Gasteiger partial charge on any atom is 0.319 e. The van der Waals surface area contributed by atoms with E-state index in [1.165, 1.54) is 11.1 Å². The number of hydrogen-bond donors (Lipinski definition) is 2. The monoisotopic (exact) mass is 323 g/mol. The molecule has 0 spiro atoms. The second kappa shape index (κ2) is 7.17. The number of para-hydroxylation sites is 1. The van der Waals surface area contributed by atoms with Crippen LogP contribution in [-0.4, -0.2) is 29.4 Å². The molecule has 5 heteroatoms. The summed E-state index contributed by atoms with van der Waals surface area (Å²) in [7, 11) is 0. The molecular formula is C19H21N3O2. The number of nitrogens with zero attached hydrogens (tertiary/aromatic N) is 1. The predicted molar refractivity (Wildman–Crippen MR) is 93.6 cm³/mol. The fourth-order valence-electron chi connectivity index (χ4n) is 2.90. The number of nitrogens with one attached hydrogen (secondary N) is 2. The van der Waals surface area contributed by atoms with E-state index in [0.29, 0.717) is 18.8 Å². The van der Waals surface area contributed by atoms with Gasteiger partial charge < -0.3 is 15.5 Å². The Labute approximate surface area is 141 Å².